The van der Waals surface area contributed by atoms with Crippen LogP contribution < -0.4 is 10.1 Å². The van der Waals surface area contributed by atoms with Gasteiger partial charge in [0.2, 0.25) is 5.91 Å². The van der Waals surface area contributed by atoms with Crippen molar-refractivity contribution in [2.45, 2.75) is 56.3 Å². The number of benzene rings is 1. The Hall–Kier alpha value is -2.06. The predicted molar refractivity (Wildman–Crippen MR) is 108 cm³/mol. The van der Waals surface area contributed by atoms with Crippen molar-refractivity contribution >= 4 is 23.4 Å². The lowest BCUT2D eigenvalue weighted by molar-refractivity contribution is -0.113. The quantitative estimate of drug-likeness (QED) is 0.647. The van der Waals surface area contributed by atoms with Crippen molar-refractivity contribution in [1.29, 1.82) is 0 Å². The van der Waals surface area contributed by atoms with Crippen molar-refractivity contribution in [2.24, 2.45) is 0 Å². The molecule has 1 aromatic carbocycles. The number of carbonyl (C=O) groups is 1. The monoisotopic (exact) mass is 402 g/mol. The van der Waals surface area contributed by atoms with Gasteiger partial charge in [-0.1, -0.05) is 11.8 Å². The molecule has 1 atom stereocenters. The summed E-state index contributed by atoms with van der Waals surface area (Å²) in [7, 11) is 0. The zero-order chi connectivity index (χ0) is 19.3. The predicted octanol–water partition coefficient (Wildman–Crippen LogP) is 3.46. The number of nitrogens with zero attached hydrogens (tertiary/aromatic N) is 3. The molecular weight excluding hydrogens is 376 g/mol. The molecule has 150 valence electrons. The number of rotatable bonds is 9. The summed E-state index contributed by atoms with van der Waals surface area (Å²) < 4.78 is 13.4. The highest BCUT2D eigenvalue weighted by Crippen LogP contribution is 2.40. The molecule has 1 saturated carbocycles. The molecule has 7 nitrogen and oxygen atoms in total. The number of hydrogen-bond donors (Lipinski definition) is 1. The first-order valence-electron chi connectivity index (χ1n) is 9.93. The van der Waals surface area contributed by atoms with Crippen LogP contribution in [0.1, 0.15) is 44.3 Å². The fraction of sp³-hybridized carbons (Fsp3) is 0.550. The van der Waals surface area contributed by atoms with E-state index in [1.54, 1.807) is 0 Å². The zero-order valence-electron chi connectivity index (χ0n) is 16.1. The Kier molecular flexibility index (Phi) is 6.17. The SMILES string of the molecule is CCOc1ccc(NC(=O)CSc2nnc(C3CC3)n2CC2CCCO2)cc1. The van der Waals surface area contributed by atoms with Crippen molar-refractivity contribution < 1.29 is 14.3 Å². The number of hydrogen-bond acceptors (Lipinski definition) is 6. The molecule has 8 heteroatoms. The van der Waals surface area contributed by atoms with E-state index in [2.05, 4.69) is 20.1 Å². The van der Waals surface area contributed by atoms with Gasteiger partial charge in [0.05, 0.1) is 25.0 Å². The summed E-state index contributed by atoms with van der Waals surface area (Å²) >= 11 is 1.43. The van der Waals surface area contributed by atoms with Crippen molar-refractivity contribution in [3.8, 4) is 5.75 Å². The molecule has 0 spiro atoms. The Balaban J connectivity index is 1.35. The van der Waals surface area contributed by atoms with E-state index >= 15 is 0 Å². The van der Waals surface area contributed by atoms with E-state index in [4.69, 9.17) is 9.47 Å². The summed E-state index contributed by atoms with van der Waals surface area (Å²) in [5, 5.41) is 12.5. The van der Waals surface area contributed by atoms with E-state index in [9.17, 15) is 4.79 Å². The van der Waals surface area contributed by atoms with Gasteiger partial charge in [-0.25, -0.2) is 0 Å². The van der Waals surface area contributed by atoms with Gasteiger partial charge in [-0.05, 0) is 56.9 Å². The van der Waals surface area contributed by atoms with Crippen LogP contribution in [-0.4, -0.2) is 45.7 Å². The van der Waals surface area contributed by atoms with E-state index in [1.165, 1.54) is 24.6 Å². The van der Waals surface area contributed by atoms with Gasteiger partial charge in [-0.3, -0.25) is 4.79 Å². The maximum atomic E-state index is 12.4. The molecule has 4 rings (SSSR count). The lowest BCUT2D eigenvalue weighted by atomic mass is 10.2. The number of aromatic nitrogens is 3. The molecule has 2 aromatic rings. The number of amides is 1. The first-order valence-corrected chi connectivity index (χ1v) is 10.9. The second-order valence-electron chi connectivity index (χ2n) is 7.15. The van der Waals surface area contributed by atoms with Crippen LogP contribution in [-0.2, 0) is 16.1 Å². The van der Waals surface area contributed by atoms with E-state index in [-0.39, 0.29) is 12.0 Å². The summed E-state index contributed by atoms with van der Waals surface area (Å²) in [6.45, 7) is 4.18. The molecule has 2 heterocycles. The van der Waals surface area contributed by atoms with Gasteiger partial charge in [0, 0.05) is 18.2 Å². The lowest BCUT2D eigenvalue weighted by Gasteiger charge is -2.14. The van der Waals surface area contributed by atoms with Gasteiger partial charge in [0.25, 0.3) is 0 Å². The van der Waals surface area contributed by atoms with Crippen molar-refractivity contribution in [1.82, 2.24) is 14.8 Å². The van der Waals surface area contributed by atoms with Crippen LogP contribution in [0.3, 0.4) is 0 Å². The lowest BCUT2D eigenvalue weighted by Crippen LogP contribution is -2.19. The van der Waals surface area contributed by atoms with Crippen LogP contribution in [0.4, 0.5) is 5.69 Å². The maximum absolute atomic E-state index is 12.4. The summed E-state index contributed by atoms with van der Waals surface area (Å²) in [4.78, 5) is 12.4. The number of nitrogens with one attached hydrogen (secondary N) is 1. The second kappa shape index (κ2) is 8.96. The Morgan fingerprint density at radius 3 is 2.79 bits per heavy atom. The molecule has 1 saturated heterocycles. The average molecular weight is 403 g/mol. The van der Waals surface area contributed by atoms with Gasteiger partial charge in [-0.2, -0.15) is 0 Å². The number of ether oxygens (including phenoxy) is 2. The van der Waals surface area contributed by atoms with Gasteiger partial charge >= 0.3 is 0 Å². The molecule has 1 aromatic heterocycles. The maximum Gasteiger partial charge on any atom is 0.234 e. The highest BCUT2D eigenvalue weighted by atomic mass is 32.2. The smallest absolute Gasteiger partial charge is 0.234 e. The largest absolute Gasteiger partial charge is 0.494 e. The second-order valence-corrected chi connectivity index (χ2v) is 8.10. The van der Waals surface area contributed by atoms with E-state index in [0.717, 1.165) is 48.4 Å². The third kappa shape index (κ3) is 4.86. The molecule has 2 fully saturated rings. The molecule has 1 aliphatic heterocycles. The van der Waals surface area contributed by atoms with Gasteiger partial charge < -0.3 is 19.4 Å². The first-order chi connectivity index (χ1) is 13.7. The third-order valence-corrected chi connectivity index (χ3v) is 5.85. The zero-order valence-corrected chi connectivity index (χ0v) is 16.9. The van der Waals surface area contributed by atoms with Crippen LogP contribution in [0.25, 0.3) is 0 Å². The number of anilines is 1. The van der Waals surface area contributed by atoms with Crippen molar-refractivity contribution in [3.63, 3.8) is 0 Å². The fourth-order valence-electron chi connectivity index (χ4n) is 3.34. The van der Waals surface area contributed by atoms with Crippen molar-refractivity contribution in [3.05, 3.63) is 30.1 Å². The van der Waals surface area contributed by atoms with E-state index < -0.39 is 0 Å². The summed E-state index contributed by atoms with van der Waals surface area (Å²) in [5.74, 6) is 2.59. The fourth-order valence-corrected chi connectivity index (χ4v) is 4.10. The number of carbonyl (C=O) groups excluding carboxylic acids is 1. The molecule has 1 amide bonds. The van der Waals surface area contributed by atoms with Gasteiger partial charge in [0.15, 0.2) is 5.16 Å². The summed E-state index contributed by atoms with van der Waals surface area (Å²) in [5.41, 5.74) is 0.758. The summed E-state index contributed by atoms with van der Waals surface area (Å²) in [6.07, 6.45) is 4.76. The van der Waals surface area contributed by atoms with Crippen LogP contribution in [0.15, 0.2) is 29.4 Å². The third-order valence-electron chi connectivity index (χ3n) is 4.88. The molecule has 0 bridgehead atoms. The highest BCUT2D eigenvalue weighted by molar-refractivity contribution is 7.99. The van der Waals surface area contributed by atoms with Crippen LogP contribution in [0.5, 0.6) is 5.75 Å². The Morgan fingerprint density at radius 1 is 1.29 bits per heavy atom. The molecule has 1 unspecified atom stereocenters. The minimum Gasteiger partial charge on any atom is -0.494 e. The van der Waals surface area contributed by atoms with Gasteiger partial charge in [0.1, 0.15) is 11.6 Å². The summed E-state index contributed by atoms with van der Waals surface area (Å²) in [6, 6.07) is 7.40. The minimum atomic E-state index is -0.0613. The highest BCUT2D eigenvalue weighted by Gasteiger charge is 2.31. The normalized spacial score (nSPS) is 19.0. The first kappa shape index (κ1) is 19.3. The van der Waals surface area contributed by atoms with Crippen LogP contribution in [0, 0.1) is 0 Å². The molecule has 2 aliphatic rings. The van der Waals surface area contributed by atoms with E-state index in [1.807, 2.05) is 31.2 Å². The molecular formula is C20H26N4O3S. The Morgan fingerprint density at radius 2 is 2.11 bits per heavy atom. The molecule has 1 aliphatic carbocycles. The van der Waals surface area contributed by atoms with Crippen molar-refractivity contribution in [2.75, 3.05) is 24.3 Å². The molecule has 1 N–H and O–H groups in total. The minimum absolute atomic E-state index is 0.0613. The van der Waals surface area contributed by atoms with Gasteiger partial charge in [-0.15, -0.1) is 10.2 Å². The number of thioether (sulfide) groups is 1. The molecule has 28 heavy (non-hydrogen) atoms. The average Bonchev–Trinajstić information content (AvgIpc) is 3.26. The van der Waals surface area contributed by atoms with E-state index in [0.29, 0.717) is 18.3 Å². The van der Waals surface area contributed by atoms with Crippen LogP contribution in [0.2, 0.25) is 0 Å². The Bertz CT molecular complexity index is 798. The Labute approximate surface area is 169 Å². The molecule has 0 radical (unpaired) electrons. The van der Waals surface area contributed by atoms with Crippen LogP contribution >= 0.6 is 11.8 Å². The topological polar surface area (TPSA) is 78.3 Å². The standard InChI is InChI=1S/C20H26N4O3S/c1-2-26-16-9-7-15(8-10-16)21-18(25)13-28-20-23-22-19(14-5-6-14)24(20)12-17-4-3-11-27-17/h7-10,14,17H,2-6,11-13H2,1H3,(H,21,25).